The van der Waals surface area contributed by atoms with Gasteiger partial charge in [0.1, 0.15) is 5.75 Å². The molecule has 0 radical (unpaired) electrons. The molecule has 1 fully saturated rings. The molecular formula is C18H20N2O3S. The molecular weight excluding hydrogens is 324 g/mol. The Balaban J connectivity index is 1.66. The van der Waals surface area contributed by atoms with Gasteiger partial charge in [-0.25, -0.2) is 0 Å². The van der Waals surface area contributed by atoms with E-state index >= 15 is 0 Å². The second kappa shape index (κ2) is 7.49. The van der Waals surface area contributed by atoms with Crippen molar-refractivity contribution in [3.05, 3.63) is 52.2 Å². The zero-order valence-electron chi connectivity index (χ0n) is 13.6. The Morgan fingerprint density at radius 3 is 2.42 bits per heavy atom. The van der Waals surface area contributed by atoms with Gasteiger partial charge in [-0.2, -0.15) is 0 Å². The maximum absolute atomic E-state index is 12.7. The van der Waals surface area contributed by atoms with Crippen LogP contribution < -0.4 is 4.74 Å². The minimum atomic E-state index is -0.0145. The standard InChI is InChI=1S/C18H20N2O3S/c1-23-15-6-2-5-14(13-15)17(21)19-8-4-9-20(11-10-19)18(22)16-7-3-12-24-16/h2-3,5-7,12-13H,4,8-11H2,1H3. The van der Waals surface area contributed by atoms with E-state index in [0.29, 0.717) is 37.5 Å². The quantitative estimate of drug-likeness (QED) is 0.860. The number of nitrogens with zero attached hydrogens (tertiary/aromatic N) is 2. The molecule has 0 saturated carbocycles. The molecule has 1 aliphatic rings. The van der Waals surface area contributed by atoms with Crippen molar-refractivity contribution in [3.63, 3.8) is 0 Å². The third kappa shape index (κ3) is 3.59. The predicted octanol–water partition coefficient (Wildman–Crippen LogP) is 2.75. The number of ether oxygens (including phenoxy) is 1. The molecule has 0 atom stereocenters. The number of amides is 2. The van der Waals surface area contributed by atoms with Crippen LogP contribution in [0.2, 0.25) is 0 Å². The summed E-state index contributed by atoms with van der Waals surface area (Å²) in [6, 6.07) is 10.9. The van der Waals surface area contributed by atoms with Crippen molar-refractivity contribution in [1.82, 2.24) is 9.80 Å². The topological polar surface area (TPSA) is 49.9 Å². The molecule has 0 bridgehead atoms. The van der Waals surface area contributed by atoms with E-state index in [1.807, 2.05) is 39.4 Å². The fourth-order valence-corrected chi connectivity index (χ4v) is 3.51. The first kappa shape index (κ1) is 16.5. The molecule has 1 aliphatic heterocycles. The van der Waals surface area contributed by atoms with Crippen LogP contribution >= 0.6 is 11.3 Å². The van der Waals surface area contributed by atoms with Crippen LogP contribution in [0, 0.1) is 0 Å². The third-order valence-electron chi connectivity index (χ3n) is 4.12. The maximum atomic E-state index is 12.7. The molecule has 1 aromatic carbocycles. The van der Waals surface area contributed by atoms with E-state index in [-0.39, 0.29) is 11.8 Å². The van der Waals surface area contributed by atoms with Crippen molar-refractivity contribution in [2.75, 3.05) is 33.3 Å². The minimum absolute atomic E-state index is 0.0145. The van der Waals surface area contributed by atoms with E-state index in [4.69, 9.17) is 4.74 Å². The molecule has 0 N–H and O–H groups in total. The largest absolute Gasteiger partial charge is 0.497 e. The van der Waals surface area contributed by atoms with Gasteiger partial charge in [0.2, 0.25) is 0 Å². The lowest BCUT2D eigenvalue weighted by Gasteiger charge is -2.22. The van der Waals surface area contributed by atoms with Crippen molar-refractivity contribution in [1.29, 1.82) is 0 Å². The van der Waals surface area contributed by atoms with Gasteiger partial charge in [-0.1, -0.05) is 12.1 Å². The Morgan fingerprint density at radius 2 is 1.75 bits per heavy atom. The Kier molecular flexibility index (Phi) is 5.15. The average molecular weight is 344 g/mol. The summed E-state index contributed by atoms with van der Waals surface area (Å²) in [5, 5.41) is 1.91. The highest BCUT2D eigenvalue weighted by molar-refractivity contribution is 7.12. The van der Waals surface area contributed by atoms with E-state index in [0.717, 1.165) is 11.3 Å². The van der Waals surface area contributed by atoms with Crippen LogP contribution in [0.4, 0.5) is 0 Å². The van der Waals surface area contributed by atoms with Crippen molar-refractivity contribution < 1.29 is 14.3 Å². The maximum Gasteiger partial charge on any atom is 0.263 e. The lowest BCUT2D eigenvalue weighted by Crippen LogP contribution is -2.37. The number of carbonyl (C=O) groups is 2. The summed E-state index contributed by atoms with van der Waals surface area (Å²) >= 11 is 1.45. The molecule has 2 aromatic rings. The highest BCUT2D eigenvalue weighted by Crippen LogP contribution is 2.17. The molecule has 3 rings (SSSR count). The first-order valence-electron chi connectivity index (χ1n) is 7.95. The first-order valence-corrected chi connectivity index (χ1v) is 8.83. The number of methoxy groups -OCH3 is 1. The van der Waals surface area contributed by atoms with Gasteiger partial charge in [-0.05, 0) is 36.1 Å². The van der Waals surface area contributed by atoms with Gasteiger partial charge in [0.15, 0.2) is 0 Å². The Labute approximate surface area is 145 Å². The van der Waals surface area contributed by atoms with Crippen LogP contribution in [0.1, 0.15) is 26.5 Å². The molecule has 126 valence electrons. The lowest BCUT2D eigenvalue weighted by molar-refractivity contribution is 0.0721. The molecule has 6 heteroatoms. The fraction of sp³-hybridized carbons (Fsp3) is 0.333. The Bertz CT molecular complexity index is 715. The van der Waals surface area contributed by atoms with Gasteiger partial charge < -0.3 is 14.5 Å². The SMILES string of the molecule is COc1cccc(C(=O)N2CCCN(C(=O)c3cccs3)CC2)c1. The summed E-state index contributed by atoms with van der Waals surface area (Å²) in [4.78, 5) is 29.6. The normalized spacial score (nSPS) is 15.0. The Hall–Kier alpha value is -2.34. The summed E-state index contributed by atoms with van der Waals surface area (Å²) < 4.78 is 5.18. The molecule has 0 unspecified atom stereocenters. The van der Waals surface area contributed by atoms with E-state index in [9.17, 15) is 9.59 Å². The highest BCUT2D eigenvalue weighted by atomic mass is 32.1. The van der Waals surface area contributed by atoms with Crippen LogP contribution in [-0.4, -0.2) is 54.9 Å². The number of thiophene rings is 1. The number of benzene rings is 1. The number of hydrogen-bond donors (Lipinski definition) is 0. The summed E-state index contributed by atoms with van der Waals surface area (Å²) in [5.74, 6) is 0.713. The van der Waals surface area contributed by atoms with Crippen LogP contribution in [0.25, 0.3) is 0 Å². The highest BCUT2D eigenvalue weighted by Gasteiger charge is 2.24. The summed E-state index contributed by atoms with van der Waals surface area (Å²) in [5.41, 5.74) is 0.618. The second-order valence-corrected chi connectivity index (χ2v) is 6.59. The lowest BCUT2D eigenvalue weighted by atomic mass is 10.2. The van der Waals surface area contributed by atoms with Crippen LogP contribution in [0.5, 0.6) is 5.75 Å². The molecule has 0 spiro atoms. The van der Waals surface area contributed by atoms with Gasteiger partial charge in [0, 0.05) is 31.7 Å². The van der Waals surface area contributed by atoms with Gasteiger partial charge in [0.25, 0.3) is 11.8 Å². The number of rotatable bonds is 3. The second-order valence-electron chi connectivity index (χ2n) is 5.65. The molecule has 5 nitrogen and oxygen atoms in total. The zero-order valence-corrected chi connectivity index (χ0v) is 14.4. The molecule has 1 saturated heterocycles. The molecule has 2 heterocycles. The summed E-state index contributed by atoms with van der Waals surface area (Å²) in [7, 11) is 1.59. The average Bonchev–Trinajstić information content (AvgIpc) is 3.05. The van der Waals surface area contributed by atoms with Crippen molar-refractivity contribution in [3.8, 4) is 5.75 Å². The van der Waals surface area contributed by atoms with Crippen LogP contribution in [0.3, 0.4) is 0 Å². The Morgan fingerprint density at radius 1 is 1.00 bits per heavy atom. The minimum Gasteiger partial charge on any atom is -0.497 e. The van der Waals surface area contributed by atoms with Gasteiger partial charge in [0.05, 0.1) is 12.0 Å². The van der Waals surface area contributed by atoms with Crippen LogP contribution in [0.15, 0.2) is 41.8 Å². The van der Waals surface area contributed by atoms with Crippen molar-refractivity contribution in [2.45, 2.75) is 6.42 Å². The van der Waals surface area contributed by atoms with Gasteiger partial charge in [-0.15, -0.1) is 11.3 Å². The molecule has 1 aromatic heterocycles. The molecule has 24 heavy (non-hydrogen) atoms. The third-order valence-corrected chi connectivity index (χ3v) is 4.98. The first-order chi connectivity index (χ1) is 11.7. The predicted molar refractivity (Wildman–Crippen MR) is 93.7 cm³/mol. The number of carbonyl (C=O) groups excluding carboxylic acids is 2. The summed E-state index contributed by atoms with van der Waals surface area (Å²) in [6.45, 7) is 2.45. The summed E-state index contributed by atoms with van der Waals surface area (Å²) in [6.07, 6.45) is 0.785. The van der Waals surface area contributed by atoms with Crippen LogP contribution in [-0.2, 0) is 0 Å². The smallest absolute Gasteiger partial charge is 0.263 e. The van der Waals surface area contributed by atoms with Crippen molar-refractivity contribution >= 4 is 23.2 Å². The van der Waals surface area contributed by atoms with E-state index < -0.39 is 0 Å². The zero-order chi connectivity index (χ0) is 16.9. The number of hydrogen-bond acceptors (Lipinski definition) is 4. The van der Waals surface area contributed by atoms with E-state index in [2.05, 4.69) is 0 Å². The monoisotopic (exact) mass is 344 g/mol. The van der Waals surface area contributed by atoms with Gasteiger partial charge in [-0.3, -0.25) is 9.59 Å². The molecule has 2 amide bonds. The van der Waals surface area contributed by atoms with E-state index in [1.54, 1.807) is 19.2 Å². The fourth-order valence-electron chi connectivity index (χ4n) is 2.82. The van der Waals surface area contributed by atoms with Gasteiger partial charge >= 0.3 is 0 Å². The molecule has 0 aliphatic carbocycles. The van der Waals surface area contributed by atoms with E-state index in [1.165, 1.54) is 11.3 Å². The van der Waals surface area contributed by atoms with Crippen molar-refractivity contribution in [2.24, 2.45) is 0 Å².